The van der Waals surface area contributed by atoms with Gasteiger partial charge in [-0.25, -0.2) is 0 Å². The van der Waals surface area contributed by atoms with Crippen LogP contribution in [-0.4, -0.2) is 18.8 Å². The van der Waals surface area contributed by atoms with E-state index in [-0.39, 0.29) is 0 Å². The first-order chi connectivity index (χ1) is 7.70. The molecule has 0 heterocycles. The average Bonchev–Trinajstić information content (AvgIpc) is 2.19. The van der Waals surface area contributed by atoms with Crippen molar-refractivity contribution in [2.45, 2.75) is 38.8 Å². The molecule has 1 aliphatic rings. The Hall–Kier alpha value is -0.730. The van der Waals surface area contributed by atoms with Gasteiger partial charge in [-0.1, -0.05) is 23.7 Å². The molecule has 88 valence electrons. The molecule has 1 N–H and O–H groups in total. The lowest BCUT2D eigenvalue weighted by Crippen LogP contribution is -2.41. The van der Waals surface area contributed by atoms with Crippen molar-refractivity contribution in [3.63, 3.8) is 0 Å². The molecule has 3 heteroatoms. The second-order valence-corrected chi connectivity index (χ2v) is 4.73. The molecule has 1 aliphatic carbocycles. The maximum absolute atomic E-state index is 6.16. The highest BCUT2D eigenvalue weighted by atomic mass is 35.5. The molecule has 0 spiro atoms. The van der Waals surface area contributed by atoms with Gasteiger partial charge in [0, 0.05) is 12.6 Å². The second-order valence-electron chi connectivity index (χ2n) is 4.32. The number of ether oxygens (including phenoxy) is 1. The van der Waals surface area contributed by atoms with Crippen LogP contribution in [0.2, 0.25) is 5.02 Å². The van der Waals surface area contributed by atoms with E-state index in [1.165, 1.54) is 5.56 Å². The van der Waals surface area contributed by atoms with Crippen LogP contribution in [0, 0.1) is 6.92 Å². The highest BCUT2D eigenvalue weighted by Crippen LogP contribution is 2.31. The third-order valence-electron chi connectivity index (χ3n) is 3.07. The summed E-state index contributed by atoms with van der Waals surface area (Å²) in [5, 5.41) is 4.30. The number of benzene rings is 1. The summed E-state index contributed by atoms with van der Waals surface area (Å²) < 4.78 is 5.53. The molecule has 1 saturated carbocycles. The van der Waals surface area contributed by atoms with Crippen molar-refractivity contribution in [2.24, 2.45) is 0 Å². The summed E-state index contributed by atoms with van der Waals surface area (Å²) in [6.07, 6.45) is 2.60. The van der Waals surface area contributed by atoms with Gasteiger partial charge in [0.15, 0.2) is 0 Å². The van der Waals surface area contributed by atoms with Gasteiger partial charge in [0.05, 0.1) is 16.8 Å². The van der Waals surface area contributed by atoms with Gasteiger partial charge in [-0.3, -0.25) is 0 Å². The van der Waals surface area contributed by atoms with Gasteiger partial charge in [0.1, 0.15) is 0 Å². The molecule has 1 aromatic carbocycles. The number of rotatable bonds is 4. The molecule has 0 aromatic heterocycles. The zero-order valence-corrected chi connectivity index (χ0v) is 10.6. The number of hydrogen-bond donors (Lipinski definition) is 1. The molecule has 0 atom stereocenters. The quantitative estimate of drug-likeness (QED) is 0.867. The van der Waals surface area contributed by atoms with Gasteiger partial charge < -0.3 is 10.1 Å². The molecule has 0 bridgehead atoms. The minimum atomic E-state index is 0.435. The van der Waals surface area contributed by atoms with E-state index in [4.69, 9.17) is 16.3 Å². The Morgan fingerprint density at radius 2 is 2.19 bits per heavy atom. The number of aryl methyl sites for hydroxylation is 1. The SMILES string of the molecule is CCOC1CC(Nc2c(C)cccc2Cl)C1. The Labute approximate surface area is 102 Å². The van der Waals surface area contributed by atoms with Crippen molar-refractivity contribution in [3.05, 3.63) is 28.8 Å². The number of para-hydroxylation sites is 1. The van der Waals surface area contributed by atoms with Crippen LogP contribution >= 0.6 is 11.6 Å². The summed E-state index contributed by atoms with van der Waals surface area (Å²) in [5.74, 6) is 0. The van der Waals surface area contributed by atoms with Crippen molar-refractivity contribution < 1.29 is 4.74 Å². The van der Waals surface area contributed by atoms with Crippen LogP contribution in [0.15, 0.2) is 18.2 Å². The highest BCUT2D eigenvalue weighted by molar-refractivity contribution is 6.33. The van der Waals surface area contributed by atoms with Crippen LogP contribution in [0.1, 0.15) is 25.3 Å². The van der Waals surface area contributed by atoms with Crippen LogP contribution in [-0.2, 0) is 4.74 Å². The predicted octanol–water partition coefficient (Wildman–Crippen LogP) is 3.63. The maximum atomic E-state index is 6.16. The minimum Gasteiger partial charge on any atom is -0.381 e. The van der Waals surface area contributed by atoms with Crippen molar-refractivity contribution in [2.75, 3.05) is 11.9 Å². The third-order valence-corrected chi connectivity index (χ3v) is 3.38. The molecule has 2 rings (SSSR count). The van der Waals surface area contributed by atoms with E-state index in [2.05, 4.69) is 18.3 Å². The molecule has 0 radical (unpaired) electrons. The Bertz CT molecular complexity index is 341. The highest BCUT2D eigenvalue weighted by Gasteiger charge is 2.29. The molecule has 0 unspecified atom stereocenters. The van der Waals surface area contributed by atoms with E-state index in [1.54, 1.807) is 0 Å². The van der Waals surface area contributed by atoms with Gasteiger partial charge in [0.2, 0.25) is 0 Å². The first kappa shape index (κ1) is 11.7. The van der Waals surface area contributed by atoms with Crippen molar-refractivity contribution >= 4 is 17.3 Å². The number of anilines is 1. The first-order valence-corrected chi connectivity index (χ1v) is 6.21. The molecule has 0 amide bonds. The Morgan fingerprint density at radius 1 is 1.44 bits per heavy atom. The molecule has 16 heavy (non-hydrogen) atoms. The normalized spacial score (nSPS) is 23.9. The van der Waals surface area contributed by atoms with E-state index in [1.807, 2.05) is 19.1 Å². The van der Waals surface area contributed by atoms with Crippen LogP contribution < -0.4 is 5.32 Å². The van der Waals surface area contributed by atoms with Crippen LogP contribution in [0.3, 0.4) is 0 Å². The summed E-state index contributed by atoms with van der Waals surface area (Å²) in [5.41, 5.74) is 2.27. The van der Waals surface area contributed by atoms with Crippen molar-refractivity contribution in [1.29, 1.82) is 0 Å². The molecule has 1 fully saturated rings. The third kappa shape index (κ3) is 2.50. The summed E-state index contributed by atoms with van der Waals surface area (Å²) in [6, 6.07) is 6.49. The summed E-state index contributed by atoms with van der Waals surface area (Å²) >= 11 is 6.16. The minimum absolute atomic E-state index is 0.435. The zero-order chi connectivity index (χ0) is 11.5. The molecular formula is C13H18ClNO. The van der Waals surface area contributed by atoms with Crippen LogP contribution in [0.5, 0.6) is 0 Å². The summed E-state index contributed by atoms with van der Waals surface area (Å²) in [6.45, 7) is 4.92. The van der Waals surface area contributed by atoms with Crippen molar-refractivity contribution in [1.82, 2.24) is 0 Å². The zero-order valence-electron chi connectivity index (χ0n) is 9.79. The lowest BCUT2D eigenvalue weighted by molar-refractivity contribution is 0.00298. The van der Waals surface area contributed by atoms with E-state index < -0.39 is 0 Å². The van der Waals surface area contributed by atoms with Crippen LogP contribution in [0.4, 0.5) is 5.69 Å². The van der Waals surface area contributed by atoms with E-state index >= 15 is 0 Å². The van der Waals surface area contributed by atoms with Gasteiger partial charge in [-0.2, -0.15) is 0 Å². The fourth-order valence-corrected chi connectivity index (χ4v) is 2.35. The molecule has 1 aromatic rings. The smallest absolute Gasteiger partial charge is 0.0640 e. The Kier molecular flexibility index (Phi) is 3.72. The fourth-order valence-electron chi connectivity index (χ4n) is 2.07. The van der Waals surface area contributed by atoms with E-state index in [0.717, 1.165) is 30.2 Å². The molecular weight excluding hydrogens is 222 g/mol. The molecule has 0 saturated heterocycles. The standard InChI is InChI=1S/C13H18ClNO/c1-3-16-11-7-10(8-11)15-13-9(2)5-4-6-12(13)14/h4-6,10-11,15H,3,7-8H2,1-2H3. The van der Waals surface area contributed by atoms with Gasteiger partial charge in [-0.05, 0) is 38.3 Å². The second kappa shape index (κ2) is 5.07. The molecule has 0 aliphatic heterocycles. The summed E-state index contributed by atoms with van der Waals surface area (Å²) in [4.78, 5) is 0. The maximum Gasteiger partial charge on any atom is 0.0640 e. The summed E-state index contributed by atoms with van der Waals surface area (Å²) in [7, 11) is 0. The molecule has 2 nitrogen and oxygen atoms in total. The number of halogens is 1. The topological polar surface area (TPSA) is 21.3 Å². The largest absolute Gasteiger partial charge is 0.381 e. The number of hydrogen-bond acceptors (Lipinski definition) is 2. The Morgan fingerprint density at radius 3 is 2.81 bits per heavy atom. The van der Waals surface area contributed by atoms with Crippen LogP contribution in [0.25, 0.3) is 0 Å². The Balaban J connectivity index is 1.91. The lowest BCUT2D eigenvalue weighted by atomic mass is 9.89. The average molecular weight is 240 g/mol. The fraction of sp³-hybridized carbons (Fsp3) is 0.538. The predicted molar refractivity (Wildman–Crippen MR) is 68.2 cm³/mol. The van der Waals surface area contributed by atoms with Gasteiger partial charge >= 0.3 is 0 Å². The lowest BCUT2D eigenvalue weighted by Gasteiger charge is -2.36. The van der Waals surface area contributed by atoms with Crippen molar-refractivity contribution in [3.8, 4) is 0 Å². The van der Waals surface area contributed by atoms with E-state index in [9.17, 15) is 0 Å². The number of nitrogens with one attached hydrogen (secondary N) is 1. The van der Waals surface area contributed by atoms with E-state index in [0.29, 0.717) is 12.1 Å². The monoisotopic (exact) mass is 239 g/mol. The van der Waals surface area contributed by atoms with Gasteiger partial charge in [-0.15, -0.1) is 0 Å². The van der Waals surface area contributed by atoms with Gasteiger partial charge in [0.25, 0.3) is 0 Å². The first-order valence-electron chi connectivity index (χ1n) is 5.84.